The molecule has 0 saturated carbocycles. The minimum Gasteiger partial charge on any atom is -0.346 e. The number of amides is 3. The molecule has 0 radical (unpaired) electrons. The van der Waals surface area contributed by atoms with E-state index in [-0.39, 0.29) is 30.2 Å². The van der Waals surface area contributed by atoms with Crippen LogP contribution in [0.2, 0.25) is 0 Å². The van der Waals surface area contributed by atoms with Crippen LogP contribution >= 0.6 is 0 Å². The summed E-state index contributed by atoms with van der Waals surface area (Å²) < 4.78 is 0. The first-order chi connectivity index (χ1) is 12.9. The van der Waals surface area contributed by atoms with Crippen LogP contribution in [0.4, 0.5) is 11.4 Å². The number of hydrogen-bond donors (Lipinski definition) is 4. The molecule has 0 spiro atoms. The monoisotopic (exact) mass is 369 g/mol. The van der Waals surface area contributed by atoms with Crippen molar-refractivity contribution in [3.63, 3.8) is 0 Å². The van der Waals surface area contributed by atoms with Gasteiger partial charge in [-0.3, -0.25) is 19.4 Å². The van der Waals surface area contributed by atoms with Gasteiger partial charge in [-0.15, -0.1) is 0 Å². The van der Waals surface area contributed by atoms with Crippen LogP contribution in [-0.2, 0) is 9.59 Å². The number of pyridine rings is 1. The summed E-state index contributed by atoms with van der Waals surface area (Å²) >= 11 is 0. The molecular weight excluding hydrogens is 346 g/mol. The summed E-state index contributed by atoms with van der Waals surface area (Å²) in [7, 11) is 0. The Labute approximate surface area is 157 Å². The molecular formula is C19H23N5O3. The molecule has 1 heterocycles. The zero-order chi connectivity index (χ0) is 19.8. The Morgan fingerprint density at radius 1 is 1.04 bits per heavy atom. The highest BCUT2D eigenvalue weighted by Crippen LogP contribution is 2.12. The van der Waals surface area contributed by atoms with E-state index in [1.54, 1.807) is 48.8 Å². The smallest absolute Gasteiger partial charge is 0.255 e. The zero-order valence-electron chi connectivity index (χ0n) is 15.2. The van der Waals surface area contributed by atoms with E-state index in [9.17, 15) is 14.4 Å². The van der Waals surface area contributed by atoms with Crippen LogP contribution in [0.5, 0.6) is 0 Å². The summed E-state index contributed by atoms with van der Waals surface area (Å²) in [5, 5.41) is 7.86. The lowest BCUT2D eigenvalue weighted by atomic mass is 10.1. The normalized spacial score (nSPS) is 11.6. The number of carbonyl (C=O) groups is 3. The van der Waals surface area contributed by atoms with Crippen molar-refractivity contribution in [2.24, 2.45) is 11.7 Å². The summed E-state index contributed by atoms with van der Waals surface area (Å²) in [5.41, 5.74) is 7.26. The standard InChI is InChI=1S/C19H23N5O3/c1-12(2)17(20)19(27)22-11-16(25)23-14-7-5-13(6-8-14)18(26)24-15-4-3-9-21-10-15/h3-10,12,17H,11,20H2,1-2H3,(H,22,27)(H,23,25)(H,24,26)/t17-/m0/s1. The fraction of sp³-hybridized carbons (Fsp3) is 0.263. The van der Waals surface area contributed by atoms with Crippen molar-refractivity contribution in [2.45, 2.75) is 19.9 Å². The average Bonchev–Trinajstić information content (AvgIpc) is 2.66. The van der Waals surface area contributed by atoms with Crippen LogP contribution in [0.15, 0.2) is 48.8 Å². The van der Waals surface area contributed by atoms with E-state index < -0.39 is 6.04 Å². The van der Waals surface area contributed by atoms with E-state index >= 15 is 0 Å². The highest BCUT2D eigenvalue weighted by Gasteiger charge is 2.17. The molecule has 8 nitrogen and oxygen atoms in total. The fourth-order valence-corrected chi connectivity index (χ4v) is 2.14. The molecule has 2 rings (SSSR count). The molecule has 0 fully saturated rings. The third-order valence-corrected chi connectivity index (χ3v) is 3.79. The molecule has 5 N–H and O–H groups in total. The van der Waals surface area contributed by atoms with Gasteiger partial charge in [-0.25, -0.2) is 0 Å². The van der Waals surface area contributed by atoms with Gasteiger partial charge in [-0.2, -0.15) is 0 Å². The Hall–Kier alpha value is -3.26. The first kappa shape index (κ1) is 20.1. The number of rotatable bonds is 7. The van der Waals surface area contributed by atoms with Crippen LogP contribution in [0, 0.1) is 5.92 Å². The van der Waals surface area contributed by atoms with Gasteiger partial charge in [-0.05, 0) is 42.3 Å². The lowest BCUT2D eigenvalue weighted by molar-refractivity contribution is -0.125. The fourth-order valence-electron chi connectivity index (χ4n) is 2.14. The van der Waals surface area contributed by atoms with E-state index in [2.05, 4.69) is 20.9 Å². The van der Waals surface area contributed by atoms with Gasteiger partial charge in [0.1, 0.15) is 0 Å². The first-order valence-corrected chi connectivity index (χ1v) is 8.51. The van der Waals surface area contributed by atoms with Crippen LogP contribution in [0.25, 0.3) is 0 Å². The zero-order valence-corrected chi connectivity index (χ0v) is 15.2. The molecule has 27 heavy (non-hydrogen) atoms. The van der Waals surface area contributed by atoms with E-state index in [0.29, 0.717) is 16.9 Å². The van der Waals surface area contributed by atoms with E-state index in [1.165, 1.54) is 0 Å². The van der Waals surface area contributed by atoms with Crippen LogP contribution in [0.1, 0.15) is 24.2 Å². The first-order valence-electron chi connectivity index (χ1n) is 8.51. The number of hydrogen-bond acceptors (Lipinski definition) is 5. The predicted octanol–water partition coefficient (Wildman–Crippen LogP) is 1.37. The topological polar surface area (TPSA) is 126 Å². The van der Waals surface area contributed by atoms with Crippen molar-refractivity contribution in [1.29, 1.82) is 0 Å². The second kappa shape index (κ2) is 9.44. The maximum Gasteiger partial charge on any atom is 0.255 e. The van der Waals surface area contributed by atoms with Gasteiger partial charge in [0, 0.05) is 17.4 Å². The Kier molecular flexibility index (Phi) is 7.01. The summed E-state index contributed by atoms with van der Waals surface area (Å²) in [5.74, 6) is -1.05. The van der Waals surface area contributed by atoms with Crippen molar-refractivity contribution in [2.75, 3.05) is 17.2 Å². The molecule has 0 bridgehead atoms. The number of benzene rings is 1. The second-order valence-corrected chi connectivity index (χ2v) is 6.31. The quantitative estimate of drug-likeness (QED) is 0.586. The summed E-state index contributed by atoms with van der Waals surface area (Å²) in [6.45, 7) is 3.48. The van der Waals surface area contributed by atoms with Gasteiger partial charge >= 0.3 is 0 Å². The summed E-state index contributed by atoms with van der Waals surface area (Å²) in [6, 6.07) is 9.20. The Morgan fingerprint density at radius 2 is 1.74 bits per heavy atom. The molecule has 142 valence electrons. The molecule has 2 aromatic rings. The van der Waals surface area contributed by atoms with E-state index in [4.69, 9.17) is 5.73 Å². The van der Waals surface area contributed by atoms with Gasteiger partial charge in [0.2, 0.25) is 11.8 Å². The SMILES string of the molecule is CC(C)[C@H](N)C(=O)NCC(=O)Nc1ccc(C(=O)Nc2cccnc2)cc1. The van der Waals surface area contributed by atoms with Crippen molar-refractivity contribution in [3.05, 3.63) is 54.4 Å². The number of anilines is 2. The van der Waals surface area contributed by atoms with Gasteiger partial charge in [0.25, 0.3) is 5.91 Å². The van der Waals surface area contributed by atoms with Crippen molar-refractivity contribution < 1.29 is 14.4 Å². The van der Waals surface area contributed by atoms with Crippen LogP contribution < -0.4 is 21.7 Å². The number of nitrogens with two attached hydrogens (primary N) is 1. The largest absolute Gasteiger partial charge is 0.346 e. The number of nitrogens with one attached hydrogen (secondary N) is 3. The lowest BCUT2D eigenvalue weighted by Gasteiger charge is -2.15. The number of aromatic nitrogens is 1. The van der Waals surface area contributed by atoms with E-state index in [0.717, 1.165) is 0 Å². The molecule has 1 atom stereocenters. The molecule has 8 heteroatoms. The lowest BCUT2D eigenvalue weighted by Crippen LogP contribution is -2.46. The predicted molar refractivity (Wildman–Crippen MR) is 103 cm³/mol. The Morgan fingerprint density at radius 3 is 2.33 bits per heavy atom. The maximum atomic E-state index is 12.2. The van der Waals surface area contributed by atoms with E-state index in [1.807, 2.05) is 13.8 Å². The molecule has 0 unspecified atom stereocenters. The summed E-state index contributed by atoms with van der Waals surface area (Å²) in [6.07, 6.45) is 3.16. The van der Waals surface area contributed by atoms with Crippen LogP contribution in [-0.4, -0.2) is 35.3 Å². The number of nitrogens with zero attached hydrogens (tertiary/aromatic N) is 1. The minimum absolute atomic E-state index is 0.0154. The van der Waals surface area contributed by atoms with Crippen molar-refractivity contribution in [1.82, 2.24) is 10.3 Å². The highest BCUT2D eigenvalue weighted by molar-refractivity contribution is 6.04. The third kappa shape index (κ3) is 6.19. The molecule has 1 aromatic carbocycles. The van der Waals surface area contributed by atoms with Crippen molar-refractivity contribution >= 4 is 29.1 Å². The molecule has 0 aliphatic carbocycles. The second-order valence-electron chi connectivity index (χ2n) is 6.31. The molecule has 0 aliphatic heterocycles. The minimum atomic E-state index is -0.657. The Bertz CT molecular complexity index is 791. The molecule has 0 saturated heterocycles. The Balaban J connectivity index is 1.85. The van der Waals surface area contributed by atoms with Crippen molar-refractivity contribution in [3.8, 4) is 0 Å². The molecule has 0 aliphatic rings. The maximum absolute atomic E-state index is 12.2. The summed E-state index contributed by atoms with van der Waals surface area (Å²) in [4.78, 5) is 39.7. The van der Waals surface area contributed by atoms with Gasteiger partial charge in [0.05, 0.1) is 24.5 Å². The van der Waals surface area contributed by atoms with Gasteiger partial charge in [0.15, 0.2) is 0 Å². The molecule has 1 aromatic heterocycles. The molecule has 3 amide bonds. The van der Waals surface area contributed by atoms with Crippen LogP contribution in [0.3, 0.4) is 0 Å². The van der Waals surface area contributed by atoms with Gasteiger partial charge < -0.3 is 21.7 Å². The number of carbonyl (C=O) groups excluding carboxylic acids is 3. The third-order valence-electron chi connectivity index (χ3n) is 3.79. The highest BCUT2D eigenvalue weighted by atomic mass is 16.2. The average molecular weight is 369 g/mol. The van der Waals surface area contributed by atoms with Gasteiger partial charge in [-0.1, -0.05) is 13.8 Å².